The molecule has 0 spiro atoms. The van der Waals surface area contributed by atoms with Gasteiger partial charge in [0.2, 0.25) is 0 Å². The van der Waals surface area contributed by atoms with Gasteiger partial charge in [-0.25, -0.2) is 12.8 Å². The minimum Gasteiger partial charge on any atom is -0.349 e. The van der Waals surface area contributed by atoms with Crippen LogP contribution in [0.1, 0.15) is 43.0 Å². The first-order valence-electron chi connectivity index (χ1n) is 10.3. The van der Waals surface area contributed by atoms with Crippen molar-refractivity contribution < 1.29 is 17.6 Å². The molecule has 1 fully saturated rings. The first-order chi connectivity index (χ1) is 14.4. The normalized spacial score (nSPS) is 15.7. The number of piperidine rings is 1. The summed E-state index contributed by atoms with van der Waals surface area (Å²) in [6, 6.07) is 11.1. The third-order valence-electron chi connectivity index (χ3n) is 5.29. The maximum Gasteiger partial charge on any atom is 0.261 e. The molecule has 1 amide bonds. The molecule has 2 aromatic carbocycles. The van der Waals surface area contributed by atoms with Crippen molar-refractivity contribution in [1.29, 1.82) is 0 Å². The van der Waals surface area contributed by atoms with E-state index in [0.717, 1.165) is 44.6 Å². The number of nitrogens with one attached hydrogen (secondary N) is 2. The standard InChI is InChI=1S/C22H28FN3O3S/c1-2-3-14-26-15-12-18(13-16-26)24-22(27)20-6-4-5-7-21(20)25-30(28,29)19-10-8-17(23)9-11-19/h4-11,18,25H,2-3,12-16H2,1H3,(H,24,27). The molecule has 3 rings (SSSR count). The summed E-state index contributed by atoms with van der Waals surface area (Å²) in [5.74, 6) is -0.825. The topological polar surface area (TPSA) is 78.5 Å². The van der Waals surface area contributed by atoms with Crippen molar-refractivity contribution >= 4 is 21.6 Å². The fraction of sp³-hybridized carbons (Fsp3) is 0.409. The predicted molar refractivity (Wildman–Crippen MR) is 115 cm³/mol. The van der Waals surface area contributed by atoms with E-state index in [1.165, 1.54) is 25.0 Å². The first kappa shape index (κ1) is 22.2. The number of sulfonamides is 1. The van der Waals surface area contributed by atoms with Gasteiger partial charge in [-0.3, -0.25) is 9.52 Å². The van der Waals surface area contributed by atoms with E-state index in [1.54, 1.807) is 24.3 Å². The van der Waals surface area contributed by atoms with Crippen LogP contribution in [-0.2, 0) is 10.0 Å². The van der Waals surface area contributed by atoms with Crippen LogP contribution in [0.2, 0.25) is 0 Å². The zero-order chi connectivity index (χ0) is 21.6. The maximum atomic E-state index is 13.1. The summed E-state index contributed by atoms with van der Waals surface area (Å²) in [6.07, 6.45) is 4.09. The van der Waals surface area contributed by atoms with Crippen LogP contribution in [0.4, 0.5) is 10.1 Å². The SMILES string of the molecule is CCCCN1CCC(NC(=O)c2ccccc2NS(=O)(=O)c2ccc(F)cc2)CC1. The van der Waals surface area contributed by atoms with Crippen LogP contribution in [0.15, 0.2) is 53.4 Å². The maximum absolute atomic E-state index is 13.1. The second-order valence-corrected chi connectivity index (χ2v) is 9.23. The Morgan fingerprint density at radius 2 is 1.77 bits per heavy atom. The van der Waals surface area contributed by atoms with Crippen LogP contribution < -0.4 is 10.0 Å². The summed E-state index contributed by atoms with van der Waals surface area (Å²) < 4.78 is 40.8. The highest BCUT2D eigenvalue weighted by atomic mass is 32.2. The molecule has 1 aliphatic heterocycles. The van der Waals surface area contributed by atoms with Crippen molar-refractivity contribution in [3.05, 3.63) is 59.9 Å². The largest absolute Gasteiger partial charge is 0.349 e. The zero-order valence-electron chi connectivity index (χ0n) is 17.1. The van der Waals surface area contributed by atoms with Crippen molar-refractivity contribution in [3.8, 4) is 0 Å². The highest BCUT2D eigenvalue weighted by molar-refractivity contribution is 7.92. The molecule has 0 saturated carbocycles. The molecule has 0 radical (unpaired) electrons. The van der Waals surface area contributed by atoms with Crippen LogP contribution in [0.5, 0.6) is 0 Å². The number of unbranched alkanes of at least 4 members (excludes halogenated alkanes) is 1. The fourth-order valence-electron chi connectivity index (χ4n) is 3.53. The smallest absolute Gasteiger partial charge is 0.261 e. The monoisotopic (exact) mass is 433 g/mol. The van der Waals surface area contributed by atoms with Gasteiger partial charge in [-0.05, 0) is 62.2 Å². The molecule has 162 valence electrons. The second-order valence-electron chi connectivity index (χ2n) is 7.55. The Bertz CT molecular complexity index is 956. The van der Waals surface area contributed by atoms with Gasteiger partial charge < -0.3 is 10.2 Å². The van der Waals surface area contributed by atoms with Crippen LogP contribution in [-0.4, -0.2) is 44.9 Å². The number of carbonyl (C=O) groups excluding carboxylic acids is 1. The van der Waals surface area contributed by atoms with Gasteiger partial charge in [-0.15, -0.1) is 0 Å². The molecule has 0 aromatic heterocycles. The molecule has 0 unspecified atom stereocenters. The molecule has 2 N–H and O–H groups in total. The van der Waals surface area contributed by atoms with Gasteiger partial charge in [0, 0.05) is 19.1 Å². The number of anilines is 1. The summed E-state index contributed by atoms with van der Waals surface area (Å²) in [7, 11) is -3.94. The summed E-state index contributed by atoms with van der Waals surface area (Å²) in [4.78, 5) is 15.2. The van der Waals surface area contributed by atoms with Gasteiger partial charge in [0.1, 0.15) is 5.82 Å². The minimum absolute atomic E-state index is 0.0668. The molecular formula is C22H28FN3O3S. The summed E-state index contributed by atoms with van der Waals surface area (Å²) in [6.45, 7) is 5.16. The first-order valence-corrected chi connectivity index (χ1v) is 11.8. The number of hydrogen-bond acceptors (Lipinski definition) is 4. The van der Waals surface area contributed by atoms with E-state index in [9.17, 15) is 17.6 Å². The summed E-state index contributed by atoms with van der Waals surface area (Å²) in [5.41, 5.74) is 0.455. The quantitative estimate of drug-likeness (QED) is 0.667. The van der Waals surface area contributed by atoms with E-state index >= 15 is 0 Å². The molecule has 6 nitrogen and oxygen atoms in total. The second kappa shape index (κ2) is 10.0. The molecular weight excluding hydrogens is 405 g/mol. The van der Waals surface area contributed by atoms with E-state index in [0.29, 0.717) is 0 Å². The van der Waals surface area contributed by atoms with E-state index in [4.69, 9.17) is 0 Å². The van der Waals surface area contributed by atoms with Gasteiger partial charge >= 0.3 is 0 Å². The van der Waals surface area contributed by atoms with E-state index in [1.807, 2.05) is 0 Å². The van der Waals surface area contributed by atoms with Crippen molar-refractivity contribution in [2.45, 2.75) is 43.5 Å². The lowest BCUT2D eigenvalue weighted by Crippen LogP contribution is -2.45. The lowest BCUT2D eigenvalue weighted by molar-refractivity contribution is 0.0911. The third-order valence-corrected chi connectivity index (χ3v) is 6.67. The Hall–Kier alpha value is -2.45. The highest BCUT2D eigenvalue weighted by Crippen LogP contribution is 2.21. The fourth-order valence-corrected chi connectivity index (χ4v) is 4.61. The Morgan fingerprint density at radius 3 is 2.43 bits per heavy atom. The number of rotatable bonds is 8. The van der Waals surface area contributed by atoms with E-state index in [-0.39, 0.29) is 28.1 Å². The molecule has 2 aromatic rings. The number of nitrogens with zero attached hydrogens (tertiary/aromatic N) is 1. The van der Waals surface area contributed by atoms with Gasteiger partial charge in [0.25, 0.3) is 15.9 Å². The number of carbonyl (C=O) groups is 1. The Kier molecular flexibility index (Phi) is 7.44. The van der Waals surface area contributed by atoms with Gasteiger partial charge in [-0.2, -0.15) is 0 Å². The number of hydrogen-bond donors (Lipinski definition) is 2. The lowest BCUT2D eigenvalue weighted by Gasteiger charge is -2.32. The van der Waals surface area contributed by atoms with Crippen LogP contribution >= 0.6 is 0 Å². The lowest BCUT2D eigenvalue weighted by atomic mass is 10.0. The van der Waals surface area contributed by atoms with Gasteiger partial charge in [-0.1, -0.05) is 25.5 Å². The summed E-state index contributed by atoms with van der Waals surface area (Å²) >= 11 is 0. The van der Waals surface area contributed by atoms with E-state index < -0.39 is 15.8 Å². The van der Waals surface area contributed by atoms with Crippen molar-refractivity contribution in [2.75, 3.05) is 24.4 Å². The number of para-hydroxylation sites is 1. The molecule has 30 heavy (non-hydrogen) atoms. The predicted octanol–water partition coefficient (Wildman–Crippen LogP) is 3.62. The number of likely N-dealkylation sites (tertiary alicyclic amines) is 1. The number of amides is 1. The average molecular weight is 434 g/mol. The molecule has 1 saturated heterocycles. The molecule has 1 aliphatic rings. The molecule has 0 bridgehead atoms. The summed E-state index contributed by atoms with van der Waals surface area (Å²) in [5, 5.41) is 3.04. The zero-order valence-corrected chi connectivity index (χ0v) is 17.9. The Labute approximate surface area is 177 Å². The van der Waals surface area contributed by atoms with Gasteiger partial charge in [0.15, 0.2) is 0 Å². The van der Waals surface area contributed by atoms with Crippen molar-refractivity contribution in [2.24, 2.45) is 0 Å². The highest BCUT2D eigenvalue weighted by Gasteiger charge is 2.23. The third kappa shape index (κ3) is 5.79. The van der Waals surface area contributed by atoms with Gasteiger partial charge in [0.05, 0.1) is 16.1 Å². The molecule has 0 aliphatic carbocycles. The molecule has 1 heterocycles. The number of halogens is 1. The molecule has 8 heteroatoms. The Morgan fingerprint density at radius 1 is 1.10 bits per heavy atom. The van der Waals surface area contributed by atoms with Crippen LogP contribution in [0, 0.1) is 5.82 Å². The van der Waals surface area contributed by atoms with Crippen molar-refractivity contribution in [1.82, 2.24) is 10.2 Å². The minimum atomic E-state index is -3.94. The number of benzene rings is 2. The van der Waals surface area contributed by atoms with Crippen LogP contribution in [0.25, 0.3) is 0 Å². The molecule has 0 atom stereocenters. The van der Waals surface area contributed by atoms with E-state index in [2.05, 4.69) is 21.9 Å². The van der Waals surface area contributed by atoms with Crippen LogP contribution in [0.3, 0.4) is 0 Å². The Balaban J connectivity index is 1.66. The average Bonchev–Trinajstić information content (AvgIpc) is 2.73. The van der Waals surface area contributed by atoms with Crippen molar-refractivity contribution in [3.63, 3.8) is 0 Å².